The van der Waals surface area contributed by atoms with Gasteiger partial charge in [-0.25, -0.2) is 0 Å². The molecule has 0 radical (unpaired) electrons. The quantitative estimate of drug-likeness (QED) is 0.300. The molecule has 2 N–H and O–H groups in total. The van der Waals surface area contributed by atoms with Gasteiger partial charge in [-0.2, -0.15) is 0 Å². The summed E-state index contributed by atoms with van der Waals surface area (Å²) in [4.78, 5) is 11.8. The predicted octanol–water partition coefficient (Wildman–Crippen LogP) is 4.91. The molecule has 4 nitrogen and oxygen atoms in total. The highest BCUT2D eigenvalue weighted by Crippen LogP contribution is 2.11. The fourth-order valence-electron chi connectivity index (χ4n) is 3.28. The molecule has 1 atom stereocenters. The van der Waals surface area contributed by atoms with Crippen LogP contribution in [0.2, 0.25) is 0 Å². The van der Waals surface area contributed by atoms with E-state index >= 15 is 0 Å². The number of unbranched alkanes of at least 4 members (excludes halogenated alkanes) is 10. The monoisotopic (exact) mass is 376 g/mol. The van der Waals surface area contributed by atoms with Gasteiger partial charge < -0.3 is 15.6 Å². The second-order valence-corrected chi connectivity index (χ2v) is 7.53. The normalized spacial score (nSPS) is 12.1. The van der Waals surface area contributed by atoms with Crippen LogP contribution >= 0.6 is 0 Å². The summed E-state index contributed by atoms with van der Waals surface area (Å²) >= 11 is 0. The van der Waals surface area contributed by atoms with E-state index < -0.39 is 0 Å². The largest absolute Gasteiger partial charge is 0.629 e. The number of carbonyl (C=O) groups is 1. The molecule has 0 aliphatic rings. The highest BCUT2D eigenvalue weighted by atomic mass is 16.5. The summed E-state index contributed by atoms with van der Waals surface area (Å²) in [6.45, 7) is 3.34. The number of para-hydroxylation sites is 1. The average Bonchev–Trinajstić information content (AvgIpc) is 2.70. The van der Waals surface area contributed by atoms with Gasteiger partial charge in [-0.3, -0.25) is 4.79 Å². The highest BCUT2D eigenvalue weighted by Gasteiger charge is 2.03. The highest BCUT2D eigenvalue weighted by molar-refractivity contribution is 5.75. The van der Waals surface area contributed by atoms with E-state index in [-0.39, 0.29) is 11.0 Å². The molecular formula is C23H40N2O2. The molecular weight excluding hydrogens is 336 g/mol. The molecule has 154 valence electrons. The molecule has 1 amide bonds. The lowest BCUT2D eigenvalue weighted by Crippen LogP contribution is -3.02. The summed E-state index contributed by atoms with van der Waals surface area (Å²) in [5.74, 6) is 0.123. The lowest BCUT2D eigenvalue weighted by molar-refractivity contribution is -0.776. The Morgan fingerprint density at radius 1 is 0.852 bits per heavy atom. The number of hydroxylamine groups is 1. The molecule has 0 aromatic heterocycles. The average molecular weight is 377 g/mol. The second kappa shape index (κ2) is 16.8. The Morgan fingerprint density at radius 2 is 1.41 bits per heavy atom. The summed E-state index contributed by atoms with van der Waals surface area (Å²) in [6.07, 6.45) is 15.6. The number of hydrogen-bond acceptors (Lipinski definition) is 2. The smallest absolute Gasteiger partial charge is 0.219 e. The van der Waals surface area contributed by atoms with Crippen molar-refractivity contribution in [3.05, 3.63) is 35.5 Å². The Labute approximate surface area is 166 Å². The Kier molecular flexibility index (Phi) is 14.7. The van der Waals surface area contributed by atoms with Crippen molar-refractivity contribution in [2.75, 3.05) is 13.1 Å². The Hall–Kier alpha value is -1.39. The van der Waals surface area contributed by atoms with Gasteiger partial charge in [-0.1, -0.05) is 89.3 Å². The van der Waals surface area contributed by atoms with Gasteiger partial charge >= 0.3 is 0 Å². The van der Waals surface area contributed by atoms with E-state index in [1.165, 1.54) is 57.8 Å². The maximum Gasteiger partial charge on any atom is 0.219 e. The van der Waals surface area contributed by atoms with E-state index in [1.807, 2.05) is 30.3 Å². The van der Waals surface area contributed by atoms with E-state index in [0.717, 1.165) is 18.5 Å². The van der Waals surface area contributed by atoms with Gasteiger partial charge in [-0.15, -0.1) is 0 Å². The molecule has 0 saturated heterocycles. The van der Waals surface area contributed by atoms with Gasteiger partial charge in [0, 0.05) is 19.4 Å². The molecule has 1 aromatic rings. The van der Waals surface area contributed by atoms with E-state index in [9.17, 15) is 10.0 Å². The first-order valence-corrected chi connectivity index (χ1v) is 11.1. The number of benzene rings is 1. The zero-order valence-electron chi connectivity index (χ0n) is 17.3. The van der Waals surface area contributed by atoms with Crippen LogP contribution in [0.1, 0.15) is 90.4 Å². The SMILES string of the molecule is CCCCCCCCCCCCCC(=O)NCCC[NH+]([O-])c1ccccc1. The summed E-state index contributed by atoms with van der Waals surface area (Å²) in [7, 11) is 0. The molecule has 1 aromatic carbocycles. The van der Waals surface area contributed by atoms with Crippen molar-refractivity contribution < 1.29 is 9.86 Å². The number of carbonyl (C=O) groups excluding carboxylic acids is 1. The van der Waals surface area contributed by atoms with Crippen LogP contribution in [0.25, 0.3) is 0 Å². The van der Waals surface area contributed by atoms with Crippen LogP contribution in [0.3, 0.4) is 0 Å². The van der Waals surface area contributed by atoms with Gasteiger partial charge in [0.05, 0.1) is 6.54 Å². The first kappa shape index (κ1) is 23.6. The molecule has 0 bridgehead atoms. The third-order valence-electron chi connectivity index (χ3n) is 5.01. The van der Waals surface area contributed by atoms with Crippen LogP contribution in [-0.4, -0.2) is 19.0 Å². The molecule has 0 fully saturated rings. The topological polar surface area (TPSA) is 56.6 Å². The fourth-order valence-corrected chi connectivity index (χ4v) is 3.28. The summed E-state index contributed by atoms with van der Waals surface area (Å²) < 4.78 is 0. The van der Waals surface area contributed by atoms with E-state index in [4.69, 9.17) is 0 Å². The molecule has 0 aliphatic carbocycles. The lowest BCUT2D eigenvalue weighted by atomic mass is 10.1. The number of hydrogen-bond donors (Lipinski definition) is 2. The fraction of sp³-hybridized carbons (Fsp3) is 0.696. The minimum absolute atomic E-state index is 0.123. The first-order valence-electron chi connectivity index (χ1n) is 11.1. The zero-order chi connectivity index (χ0) is 19.6. The maximum atomic E-state index is 12.0. The predicted molar refractivity (Wildman–Crippen MR) is 114 cm³/mol. The minimum Gasteiger partial charge on any atom is -0.629 e. The molecule has 0 spiro atoms. The van der Waals surface area contributed by atoms with Gasteiger partial charge in [-0.05, 0) is 18.6 Å². The number of amides is 1. The van der Waals surface area contributed by atoms with Crippen LogP contribution in [0.15, 0.2) is 30.3 Å². The molecule has 4 heteroatoms. The lowest BCUT2D eigenvalue weighted by Gasteiger charge is -2.21. The van der Waals surface area contributed by atoms with Gasteiger partial charge in [0.15, 0.2) is 0 Å². The standard InChI is InChI=1S/C23H40N2O2/c1-2-3-4-5-6-7-8-9-10-11-15-19-23(26)24-20-16-21-25(27)22-17-13-12-14-18-22/h12-14,17-18,25H,2-11,15-16,19-21H2,1H3,(H,24,26). The van der Waals surface area contributed by atoms with Crippen molar-refractivity contribution in [1.29, 1.82) is 0 Å². The second-order valence-electron chi connectivity index (χ2n) is 7.53. The van der Waals surface area contributed by atoms with Crippen LogP contribution in [-0.2, 0) is 4.79 Å². The Balaban J connectivity index is 1.86. The Morgan fingerprint density at radius 3 is 2.00 bits per heavy atom. The van der Waals surface area contributed by atoms with Crippen molar-refractivity contribution >= 4 is 11.6 Å². The van der Waals surface area contributed by atoms with Crippen molar-refractivity contribution in [2.45, 2.75) is 90.4 Å². The number of nitrogens with one attached hydrogen (secondary N) is 2. The van der Waals surface area contributed by atoms with Crippen molar-refractivity contribution in [2.24, 2.45) is 0 Å². The van der Waals surface area contributed by atoms with Gasteiger partial charge in [0.1, 0.15) is 5.69 Å². The van der Waals surface area contributed by atoms with Crippen molar-refractivity contribution in [3.63, 3.8) is 0 Å². The van der Waals surface area contributed by atoms with Crippen molar-refractivity contribution in [1.82, 2.24) is 5.32 Å². The summed E-state index contributed by atoms with van der Waals surface area (Å²) in [5, 5.41) is 15.0. The van der Waals surface area contributed by atoms with Crippen molar-refractivity contribution in [3.8, 4) is 0 Å². The third kappa shape index (κ3) is 13.4. The van der Waals surface area contributed by atoms with E-state index in [2.05, 4.69) is 12.2 Å². The van der Waals surface area contributed by atoms with Crippen LogP contribution < -0.4 is 10.4 Å². The molecule has 0 saturated carbocycles. The number of rotatable bonds is 17. The molecule has 1 rings (SSSR count). The van der Waals surface area contributed by atoms with E-state index in [0.29, 0.717) is 25.9 Å². The molecule has 0 heterocycles. The zero-order valence-corrected chi connectivity index (χ0v) is 17.3. The maximum absolute atomic E-state index is 12.0. The van der Waals surface area contributed by atoms with E-state index in [1.54, 1.807) is 0 Å². The minimum atomic E-state index is 0.123. The molecule has 27 heavy (non-hydrogen) atoms. The molecule has 0 aliphatic heterocycles. The van der Waals surface area contributed by atoms with Crippen LogP contribution in [0.5, 0.6) is 0 Å². The number of quaternary nitrogens is 1. The first-order chi connectivity index (χ1) is 13.2. The van der Waals surface area contributed by atoms with Crippen LogP contribution in [0, 0.1) is 5.21 Å². The molecule has 1 unspecified atom stereocenters. The van der Waals surface area contributed by atoms with Gasteiger partial charge in [0.2, 0.25) is 5.91 Å². The van der Waals surface area contributed by atoms with Crippen LogP contribution in [0.4, 0.5) is 5.69 Å². The Bertz CT molecular complexity index is 465. The summed E-state index contributed by atoms with van der Waals surface area (Å²) in [6, 6.07) is 9.34. The van der Waals surface area contributed by atoms with Gasteiger partial charge in [0.25, 0.3) is 0 Å². The third-order valence-corrected chi connectivity index (χ3v) is 5.01. The summed E-state index contributed by atoms with van der Waals surface area (Å²) in [5.41, 5.74) is 0.754.